The molecule has 4 aliphatic heterocycles. The van der Waals surface area contributed by atoms with Crippen LogP contribution in [0.5, 0.6) is 0 Å². The lowest BCUT2D eigenvalue weighted by Gasteiger charge is -2.30. The highest BCUT2D eigenvalue weighted by molar-refractivity contribution is 6.24. The van der Waals surface area contributed by atoms with Gasteiger partial charge in [0.05, 0.1) is 16.5 Å². The Morgan fingerprint density at radius 1 is 1.12 bits per heavy atom. The van der Waals surface area contributed by atoms with Crippen molar-refractivity contribution < 1.29 is 32.3 Å². The monoisotopic (exact) mass is 450 g/mol. The molecule has 1 aromatic rings. The Balaban J connectivity index is 1.41. The van der Waals surface area contributed by atoms with E-state index in [0.29, 0.717) is 5.56 Å². The fraction of sp³-hybridized carbons (Fsp3) is 0.524. The smallest absolute Gasteiger partial charge is 0.315 e. The molecule has 0 bridgehead atoms. The molecule has 170 valence electrons. The van der Waals surface area contributed by atoms with Crippen LogP contribution in [0.25, 0.3) is 0 Å². The Hall–Kier alpha value is -2.79. The number of nitrogens with one attached hydrogen (secondary N) is 2. The average molecular weight is 450 g/mol. The molecule has 4 amide bonds. The Morgan fingerprint density at radius 2 is 1.91 bits per heavy atom. The number of hydrogen-bond acceptors (Lipinski definition) is 6. The van der Waals surface area contributed by atoms with Gasteiger partial charge in [0.2, 0.25) is 11.8 Å². The van der Waals surface area contributed by atoms with Crippen LogP contribution >= 0.6 is 0 Å². The van der Waals surface area contributed by atoms with E-state index in [1.807, 2.05) is 0 Å². The molecular formula is C21H21F3N4O4. The number of nitrogens with zero attached hydrogens (tertiary/aromatic N) is 2. The first-order valence-corrected chi connectivity index (χ1v) is 10.5. The van der Waals surface area contributed by atoms with Gasteiger partial charge in [0, 0.05) is 45.1 Å². The van der Waals surface area contributed by atoms with Gasteiger partial charge in [-0.1, -0.05) is 12.1 Å². The first-order chi connectivity index (χ1) is 15.1. The first kappa shape index (κ1) is 21.1. The van der Waals surface area contributed by atoms with E-state index in [4.69, 9.17) is 0 Å². The molecule has 1 unspecified atom stereocenters. The van der Waals surface area contributed by atoms with Crippen molar-refractivity contribution in [2.24, 2.45) is 11.3 Å². The lowest BCUT2D eigenvalue weighted by molar-refractivity contribution is -0.221. The number of rotatable bonds is 3. The van der Waals surface area contributed by atoms with Crippen molar-refractivity contribution >= 4 is 23.6 Å². The summed E-state index contributed by atoms with van der Waals surface area (Å²) in [5.41, 5.74) is -1.10. The van der Waals surface area contributed by atoms with Crippen LogP contribution < -0.4 is 10.6 Å². The number of alkyl halides is 3. The largest absolute Gasteiger partial charge is 0.397 e. The fourth-order valence-corrected chi connectivity index (χ4v) is 5.51. The second-order valence-corrected chi connectivity index (χ2v) is 8.94. The normalized spacial score (nSPS) is 30.7. The minimum absolute atomic E-state index is 0.0133. The highest BCUT2D eigenvalue weighted by Crippen LogP contribution is 2.51. The number of carbonyl (C=O) groups is 4. The zero-order chi connectivity index (χ0) is 22.8. The molecular weight excluding hydrogens is 429 g/mol. The third-order valence-corrected chi connectivity index (χ3v) is 7.11. The van der Waals surface area contributed by atoms with E-state index >= 15 is 0 Å². The maximum Gasteiger partial charge on any atom is 0.397 e. The van der Waals surface area contributed by atoms with E-state index in [9.17, 15) is 32.3 Å². The molecule has 1 aromatic carbocycles. The molecule has 8 nitrogen and oxygen atoms in total. The van der Waals surface area contributed by atoms with Gasteiger partial charge < -0.3 is 5.32 Å². The summed E-state index contributed by atoms with van der Waals surface area (Å²) in [6.07, 6.45) is -4.29. The molecule has 0 radical (unpaired) electrons. The van der Waals surface area contributed by atoms with Gasteiger partial charge in [-0.05, 0) is 18.1 Å². The Labute approximate surface area is 181 Å². The molecule has 0 spiro atoms. The fourth-order valence-electron chi connectivity index (χ4n) is 5.51. The van der Waals surface area contributed by atoms with Crippen LogP contribution in [0.15, 0.2) is 18.2 Å². The quantitative estimate of drug-likeness (QED) is 0.657. The minimum atomic E-state index is -4.34. The van der Waals surface area contributed by atoms with Gasteiger partial charge >= 0.3 is 6.18 Å². The Morgan fingerprint density at radius 3 is 2.59 bits per heavy atom. The predicted molar refractivity (Wildman–Crippen MR) is 103 cm³/mol. The Bertz CT molecular complexity index is 1040. The molecule has 0 saturated carbocycles. The van der Waals surface area contributed by atoms with Crippen molar-refractivity contribution in [3.05, 3.63) is 34.9 Å². The second-order valence-electron chi connectivity index (χ2n) is 8.94. The molecule has 3 fully saturated rings. The lowest BCUT2D eigenvalue weighted by Crippen LogP contribution is -2.54. The maximum atomic E-state index is 13.8. The highest BCUT2D eigenvalue weighted by Gasteiger charge is 2.64. The summed E-state index contributed by atoms with van der Waals surface area (Å²) in [5, 5.41) is 4.99. The van der Waals surface area contributed by atoms with E-state index in [-0.39, 0.29) is 56.7 Å². The SMILES string of the molecule is O=C1CCC(N2C(=O)c3cccc(CN4C[C@H]5CNC[C@@]5(C(F)(F)F)C4)c3C2=O)C(=O)N1. The molecule has 5 rings (SSSR count). The zero-order valence-electron chi connectivity index (χ0n) is 17.0. The summed E-state index contributed by atoms with van der Waals surface area (Å²) in [6.45, 7) is 0.292. The first-order valence-electron chi connectivity index (χ1n) is 10.5. The van der Waals surface area contributed by atoms with E-state index in [1.54, 1.807) is 17.0 Å². The summed E-state index contributed by atoms with van der Waals surface area (Å²) >= 11 is 0. The van der Waals surface area contributed by atoms with Crippen molar-refractivity contribution in [2.75, 3.05) is 26.2 Å². The topological polar surface area (TPSA) is 98.8 Å². The van der Waals surface area contributed by atoms with E-state index in [2.05, 4.69) is 10.6 Å². The van der Waals surface area contributed by atoms with Gasteiger partial charge in [-0.2, -0.15) is 13.2 Å². The number of benzene rings is 1. The summed E-state index contributed by atoms with van der Waals surface area (Å²) in [4.78, 5) is 52.3. The summed E-state index contributed by atoms with van der Waals surface area (Å²) in [5.74, 6) is -3.02. The van der Waals surface area contributed by atoms with Gasteiger partial charge in [0.15, 0.2) is 0 Å². The molecule has 32 heavy (non-hydrogen) atoms. The summed E-state index contributed by atoms with van der Waals surface area (Å²) in [6, 6.07) is 3.61. The van der Waals surface area contributed by atoms with Crippen LogP contribution in [0.3, 0.4) is 0 Å². The van der Waals surface area contributed by atoms with Crippen molar-refractivity contribution in [2.45, 2.75) is 31.6 Å². The van der Waals surface area contributed by atoms with Crippen LogP contribution in [0, 0.1) is 11.3 Å². The van der Waals surface area contributed by atoms with Gasteiger partial charge in [-0.25, -0.2) is 0 Å². The van der Waals surface area contributed by atoms with E-state index < -0.39 is 47.2 Å². The minimum Gasteiger partial charge on any atom is -0.315 e. The van der Waals surface area contributed by atoms with Crippen LogP contribution in [-0.2, 0) is 16.1 Å². The lowest BCUT2D eigenvalue weighted by atomic mass is 9.80. The molecule has 4 heterocycles. The third kappa shape index (κ3) is 2.98. The van der Waals surface area contributed by atoms with Gasteiger partial charge in [0.25, 0.3) is 11.8 Å². The summed E-state index contributed by atoms with van der Waals surface area (Å²) in [7, 11) is 0. The second kappa shape index (κ2) is 7.11. The third-order valence-electron chi connectivity index (χ3n) is 7.11. The van der Waals surface area contributed by atoms with Crippen molar-refractivity contribution in [3.63, 3.8) is 0 Å². The van der Waals surface area contributed by atoms with Crippen molar-refractivity contribution in [3.8, 4) is 0 Å². The number of amides is 4. The molecule has 2 N–H and O–H groups in total. The number of piperidine rings is 1. The predicted octanol–water partition coefficient (Wildman–Crippen LogP) is 0.672. The van der Waals surface area contributed by atoms with Crippen LogP contribution in [0.2, 0.25) is 0 Å². The standard InChI is InChI=1S/C21H21F3N4O4/c22-21(23,24)20-9-25-6-12(20)8-27(10-20)7-11-2-1-3-13-16(11)19(32)28(18(13)31)14-4-5-15(29)26-17(14)30/h1-3,12,14,25H,4-10H2,(H,26,29,30)/t12-,14?,20-/m1/s1. The van der Waals surface area contributed by atoms with E-state index in [1.165, 1.54) is 6.07 Å². The van der Waals surface area contributed by atoms with Crippen molar-refractivity contribution in [1.82, 2.24) is 20.4 Å². The average Bonchev–Trinajstić information content (AvgIpc) is 3.34. The van der Waals surface area contributed by atoms with Crippen LogP contribution in [0.4, 0.5) is 13.2 Å². The van der Waals surface area contributed by atoms with Gasteiger partial charge in [-0.3, -0.25) is 34.3 Å². The molecule has 3 saturated heterocycles. The molecule has 3 atom stereocenters. The maximum absolute atomic E-state index is 13.8. The van der Waals surface area contributed by atoms with Crippen molar-refractivity contribution in [1.29, 1.82) is 0 Å². The molecule has 0 aromatic heterocycles. The van der Waals surface area contributed by atoms with Crippen LogP contribution in [0.1, 0.15) is 39.1 Å². The number of halogens is 3. The molecule has 0 aliphatic carbocycles. The highest BCUT2D eigenvalue weighted by atomic mass is 19.4. The number of hydrogen-bond donors (Lipinski definition) is 2. The molecule has 11 heteroatoms. The van der Waals surface area contributed by atoms with Gasteiger partial charge in [-0.15, -0.1) is 0 Å². The zero-order valence-corrected chi connectivity index (χ0v) is 17.0. The number of imide groups is 2. The summed E-state index contributed by atoms with van der Waals surface area (Å²) < 4.78 is 41.5. The number of fused-ring (bicyclic) bond motifs is 2. The number of carbonyl (C=O) groups excluding carboxylic acids is 4. The molecule has 4 aliphatic rings. The van der Waals surface area contributed by atoms with Crippen LogP contribution in [-0.4, -0.2) is 71.8 Å². The number of likely N-dealkylation sites (tertiary alicyclic amines) is 1. The van der Waals surface area contributed by atoms with E-state index in [0.717, 1.165) is 4.90 Å². The van der Waals surface area contributed by atoms with Gasteiger partial charge in [0.1, 0.15) is 6.04 Å². The Kier molecular flexibility index (Phi) is 4.68.